The van der Waals surface area contributed by atoms with Crippen LogP contribution in [0, 0.1) is 0 Å². The van der Waals surface area contributed by atoms with Crippen molar-refractivity contribution in [2.75, 3.05) is 26.2 Å². The highest BCUT2D eigenvalue weighted by atomic mass is 16.5. The summed E-state index contributed by atoms with van der Waals surface area (Å²) in [4.78, 5) is 2.34. The SMILES string of the molecule is O[C@H](COc1ccc([C@@H]2C=CCC2)cc1)CN1CCCCC1. The molecule has 2 aliphatic rings. The molecule has 0 saturated carbocycles. The highest BCUT2D eigenvalue weighted by molar-refractivity contribution is 5.32. The van der Waals surface area contributed by atoms with Crippen LogP contribution in [0.1, 0.15) is 43.6 Å². The molecule has 1 aromatic rings. The van der Waals surface area contributed by atoms with E-state index >= 15 is 0 Å². The molecule has 0 radical (unpaired) electrons. The molecule has 3 nitrogen and oxygen atoms in total. The van der Waals surface area contributed by atoms with E-state index in [9.17, 15) is 5.11 Å². The third kappa shape index (κ3) is 4.34. The summed E-state index contributed by atoms with van der Waals surface area (Å²) in [5.74, 6) is 1.42. The maximum Gasteiger partial charge on any atom is 0.119 e. The van der Waals surface area contributed by atoms with Crippen molar-refractivity contribution in [1.29, 1.82) is 0 Å². The zero-order valence-electron chi connectivity index (χ0n) is 13.3. The van der Waals surface area contributed by atoms with Crippen molar-refractivity contribution in [2.24, 2.45) is 0 Å². The van der Waals surface area contributed by atoms with E-state index in [1.807, 2.05) is 12.1 Å². The molecule has 0 aromatic heterocycles. The van der Waals surface area contributed by atoms with Crippen LogP contribution < -0.4 is 4.74 Å². The molecule has 3 rings (SSSR count). The Kier molecular flexibility index (Phi) is 5.52. The van der Waals surface area contributed by atoms with Crippen molar-refractivity contribution in [3.05, 3.63) is 42.0 Å². The largest absolute Gasteiger partial charge is 0.491 e. The third-order valence-electron chi connectivity index (χ3n) is 4.68. The molecular formula is C19H27NO2. The summed E-state index contributed by atoms with van der Waals surface area (Å²) in [5.41, 5.74) is 1.36. The Labute approximate surface area is 133 Å². The van der Waals surface area contributed by atoms with E-state index in [1.54, 1.807) is 0 Å². The first-order valence-electron chi connectivity index (χ1n) is 8.61. The minimum atomic E-state index is -0.407. The smallest absolute Gasteiger partial charge is 0.119 e. The van der Waals surface area contributed by atoms with Gasteiger partial charge in [-0.3, -0.25) is 0 Å². The quantitative estimate of drug-likeness (QED) is 0.818. The number of allylic oxidation sites excluding steroid dienone is 2. The Morgan fingerprint density at radius 1 is 1.14 bits per heavy atom. The Hall–Kier alpha value is -1.32. The molecule has 0 amide bonds. The van der Waals surface area contributed by atoms with Crippen molar-refractivity contribution < 1.29 is 9.84 Å². The van der Waals surface area contributed by atoms with Crippen LogP contribution in [0.25, 0.3) is 0 Å². The van der Waals surface area contributed by atoms with E-state index in [-0.39, 0.29) is 0 Å². The minimum absolute atomic E-state index is 0.374. The van der Waals surface area contributed by atoms with Gasteiger partial charge in [0.1, 0.15) is 18.5 Å². The first kappa shape index (κ1) is 15.6. The van der Waals surface area contributed by atoms with Crippen LogP contribution in [0.4, 0.5) is 0 Å². The van der Waals surface area contributed by atoms with E-state index in [4.69, 9.17) is 4.74 Å². The number of aliphatic hydroxyl groups is 1. The Bertz CT molecular complexity index is 477. The summed E-state index contributed by atoms with van der Waals surface area (Å²) in [6.45, 7) is 3.32. The number of ether oxygens (including phenoxy) is 1. The van der Waals surface area contributed by atoms with Gasteiger partial charge in [-0.25, -0.2) is 0 Å². The predicted molar refractivity (Wildman–Crippen MR) is 89.3 cm³/mol. The molecule has 1 aliphatic carbocycles. The molecule has 1 aromatic carbocycles. The van der Waals surface area contributed by atoms with Crippen molar-refractivity contribution in [3.63, 3.8) is 0 Å². The van der Waals surface area contributed by atoms with E-state index in [2.05, 4.69) is 29.2 Å². The summed E-state index contributed by atoms with van der Waals surface area (Å²) in [6, 6.07) is 8.34. The highest BCUT2D eigenvalue weighted by Gasteiger charge is 2.15. The van der Waals surface area contributed by atoms with Crippen molar-refractivity contribution in [2.45, 2.75) is 44.1 Å². The molecule has 120 valence electrons. The normalized spacial score (nSPS) is 23.6. The summed E-state index contributed by atoms with van der Waals surface area (Å²) in [6.07, 6.45) is 10.4. The number of hydrogen-bond acceptors (Lipinski definition) is 3. The van der Waals surface area contributed by atoms with E-state index in [1.165, 1.54) is 37.7 Å². The van der Waals surface area contributed by atoms with Gasteiger partial charge in [-0.1, -0.05) is 30.7 Å². The number of β-amino-alcohol motifs (C(OH)–C–C–N with tert-alkyl or cyclic N) is 1. The van der Waals surface area contributed by atoms with Gasteiger partial charge in [-0.15, -0.1) is 0 Å². The fourth-order valence-corrected chi connectivity index (χ4v) is 3.41. The summed E-state index contributed by atoms with van der Waals surface area (Å²) in [7, 11) is 0. The average Bonchev–Trinajstić information content (AvgIpc) is 3.09. The fraction of sp³-hybridized carbons (Fsp3) is 0.579. The maximum atomic E-state index is 10.1. The van der Waals surface area contributed by atoms with Crippen molar-refractivity contribution in [3.8, 4) is 5.75 Å². The van der Waals surface area contributed by atoms with E-state index in [0.29, 0.717) is 12.5 Å². The van der Waals surface area contributed by atoms with E-state index < -0.39 is 6.10 Å². The topological polar surface area (TPSA) is 32.7 Å². The zero-order chi connectivity index (χ0) is 15.2. The van der Waals surface area contributed by atoms with Gasteiger partial charge in [0.05, 0.1) is 0 Å². The second kappa shape index (κ2) is 7.80. The number of likely N-dealkylation sites (tertiary alicyclic amines) is 1. The summed E-state index contributed by atoms with van der Waals surface area (Å²) >= 11 is 0. The summed E-state index contributed by atoms with van der Waals surface area (Å²) in [5, 5.41) is 10.1. The van der Waals surface area contributed by atoms with E-state index in [0.717, 1.165) is 25.4 Å². The second-order valence-corrected chi connectivity index (χ2v) is 6.51. The molecule has 1 saturated heterocycles. The first-order chi connectivity index (χ1) is 10.8. The third-order valence-corrected chi connectivity index (χ3v) is 4.68. The van der Waals surface area contributed by atoms with Crippen LogP contribution in [-0.4, -0.2) is 42.4 Å². The molecule has 0 unspecified atom stereocenters. The van der Waals surface area contributed by atoms with Crippen LogP contribution >= 0.6 is 0 Å². The molecule has 1 fully saturated rings. The van der Waals surface area contributed by atoms with Gasteiger partial charge >= 0.3 is 0 Å². The van der Waals surface area contributed by atoms with Crippen LogP contribution in [-0.2, 0) is 0 Å². The molecule has 0 bridgehead atoms. The molecule has 0 spiro atoms. The number of piperidine rings is 1. The number of nitrogens with zero attached hydrogens (tertiary/aromatic N) is 1. The number of aliphatic hydroxyl groups excluding tert-OH is 1. The molecule has 1 heterocycles. The fourth-order valence-electron chi connectivity index (χ4n) is 3.41. The standard InChI is InChI=1S/C19H27NO2/c21-18(14-20-12-4-1-5-13-20)15-22-19-10-8-17(9-11-19)16-6-2-3-7-16/h2,6,8-11,16,18,21H,1,3-5,7,12-15H2/t16-,18+/m1/s1. The predicted octanol–water partition coefficient (Wildman–Crippen LogP) is 3.35. The Morgan fingerprint density at radius 3 is 2.59 bits per heavy atom. The molecule has 3 heteroatoms. The van der Waals surface area contributed by atoms with Crippen molar-refractivity contribution in [1.82, 2.24) is 4.90 Å². The monoisotopic (exact) mass is 301 g/mol. The number of rotatable bonds is 6. The van der Waals surface area contributed by atoms with Gasteiger partial charge in [-0.2, -0.15) is 0 Å². The lowest BCUT2D eigenvalue weighted by atomic mass is 9.99. The van der Waals surface area contributed by atoms with Crippen LogP contribution in [0.5, 0.6) is 5.75 Å². The molecular weight excluding hydrogens is 274 g/mol. The zero-order valence-corrected chi connectivity index (χ0v) is 13.3. The highest BCUT2D eigenvalue weighted by Crippen LogP contribution is 2.29. The summed E-state index contributed by atoms with van der Waals surface area (Å²) < 4.78 is 5.73. The van der Waals surface area contributed by atoms with Gasteiger partial charge < -0.3 is 14.7 Å². The second-order valence-electron chi connectivity index (χ2n) is 6.51. The van der Waals surface area contributed by atoms with Gasteiger partial charge in [0.15, 0.2) is 0 Å². The molecule has 22 heavy (non-hydrogen) atoms. The van der Waals surface area contributed by atoms with Gasteiger partial charge in [0, 0.05) is 12.5 Å². The van der Waals surface area contributed by atoms with Gasteiger partial charge in [0.25, 0.3) is 0 Å². The molecule has 1 aliphatic heterocycles. The van der Waals surface area contributed by atoms with Crippen LogP contribution in [0.3, 0.4) is 0 Å². The lowest BCUT2D eigenvalue weighted by molar-refractivity contribution is 0.0617. The first-order valence-corrected chi connectivity index (χ1v) is 8.61. The average molecular weight is 301 g/mol. The molecule has 1 N–H and O–H groups in total. The van der Waals surface area contributed by atoms with Crippen LogP contribution in [0.2, 0.25) is 0 Å². The Balaban J connectivity index is 1.43. The minimum Gasteiger partial charge on any atom is -0.491 e. The maximum absolute atomic E-state index is 10.1. The lowest BCUT2D eigenvalue weighted by Crippen LogP contribution is -2.38. The van der Waals surface area contributed by atoms with Gasteiger partial charge in [0.2, 0.25) is 0 Å². The lowest BCUT2D eigenvalue weighted by Gasteiger charge is -2.28. The number of benzene rings is 1. The Morgan fingerprint density at radius 2 is 1.91 bits per heavy atom. The number of hydrogen-bond donors (Lipinski definition) is 1. The van der Waals surface area contributed by atoms with Crippen molar-refractivity contribution >= 4 is 0 Å². The van der Waals surface area contributed by atoms with Gasteiger partial charge in [-0.05, 0) is 56.5 Å². The van der Waals surface area contributed by atoms with Crippen LogP contribution in [0.15, 0.2) is 36.4 Å². The molecule has 2 atom stereocenters.